The highest BCUT2D eigenvalue weighted by atomic mass is 35.5. The van der Waals surface area contributed by atoms with Crippen LogP contribution >= 0.6 is 12.4 Å². The number of hydrogen-bond acceptors (Lipinski definition) is 6. The van der Waals surface area contributed by atoms with Gasteiger partial charge in [-0.3, -0.25) is 9.48 Å². The number of benzene rings is 2. The second kappa shape index (κ2) is 12.8. The smallest absolute Gasteiger partial charge is 0.255 e. The van der Waals surface area contributed by atoms with Crippen molar-refractivity contribution in [3.8, 4) is 16.9 Å². The molecule has 0 radical (unpaired) electrons. The summed E-state index contributed by atoms with van der Waals surface area (Å²) in [6, 6.07) is 7.35. The van der Waals surface area contributed by atoms with Crippen LogP contribution in [0.4, 0.5) is 14.7 Å². The molecule has 0 saturated carbocycles. The zero-order valence-electron chi connectivity index (χ0n) is 20.0. The number of carbonyl (C=O) groups is 1. The first kappa shape index (κ1) is 27.6. The number of nitrogens with two attached hydrogens (primary N) is 1. The third-order valence-electron chi connectivity index (χ3n) is 5.71. The number of amides is 1. The van der Waals surface area contributed by atoms with E-state index in [0.29, 0.717) is 18.1 Å². The SMILES string of the molecule is Cl.Nc1nc(CCCCCc2cn(CCNC(=O)c3ccc(-c4ccc(F)cc4F)cc3O)nn2)c[nH]1. The number of phenolic OH excluding ortho intramolecular Hbond substituents is 1. The molecule has 0 unspecified atom stereocenters. The van der Waals surface area contributed by atoms with Crippen molar-refractivity contribution < 1.29 is 18.7 Å². The van der Waals surface area contributed by atoms with E-state index in [-0.39, 0.29) is 35.8 Å². The van der Waals surface area contributed by atoms with Crippen molar-refractivity contribution in [2.75, 3.05) is 12.3 Å². The van der Waals surface area contributed by atoms with Crippen LogP contribution in [0.5, 0.6) is 5.75 Å². The zero-order valence-corrected chi connectivity index (χ0v) is 20.8. The minimum absolute atomic E-state index is 0. The lowest BCUT2D eigenvalue weighted by Gasteiger charge is -2.09. The molecule has 1 amide bonds. The van der Waals surface area contributed by atoms with Gasteiger partial charge in [-0.1, -0.05) is 17.7 Å². The van der Waals surface area contributed by atoms with Crippen molar-refractivity contribution >= 4 is 24.3 Å². The number of anilines is 1. The van der Waals surface area contributed by atoms with Crippen LogP contribution in [0, 0.1) is 11.6 Å². The molecule has 9 nitrogen and oxygen atoms in total. The molecule has 0 atom stereocenters. The van der Waals surface area contributed by atoms with Gasteiger partial charge in [0, 0.05) is 30.6 Å². The van der Waals surface area contributed by atoms with E-state index in [0.717, 1.165) is 55.6 Å². The Bertz CT molecular complexity index is 1340. The summed E-state index contributed by atoms with van der Waals surface area (Å²) in [6.07, 6.45) is 8.38. The highest BCUT2D eigenvalue weighted by molar-refractivity contribution is 5.97. The maximum Gasteiger partial charge on any atom is 0.255 e. The molecule has 4 aromatic rings. The summed E-state index contributed by atoms with van der Waals surface area (Å²) >= 11 is 0. The fourth-order valence-electron chi connectivity index (χ4n) is 3.85. The third-order valence-corrected chi connectivity index (χ3v) is 5.71. The average Bonchev–Trinajstić information content (AvgIpc) is 3.47. The van der Waals surface area contributed by atoms with Gasteiger partial charge in [-0.25, -0.2) is 13.8 Å². The molecule has 196 valence electrons. The van der Waals surface area contributed by atoms with Crippen LogP contribution in [-0.2, 0) is 19.4 Å². The molecular weight excluding hydrogens is 504 g/mol. The largest absolute Gasteiger partial charge is 0.507 e. The monoisotopic (exact) mass is 531 g/mol. The fraction of sp³-hybridized carbons (Fsp3) is 0.280. The van der Waals surface area contributed by atoms with Gasteiger partial charge in [-0.2, -0.15) is 0 Å². The van der Waals surface area contributed by atoms with Gasteiger partial charge in [0.05, 0.1) is 23.5 Å². The molecule has 5 N–H and O–H groups in total. The highest BCUT2D eigenvalue weighted by Gasteiger charge is 2.14. The molecule has 0 aliphatic heterocycles. The predicted octanol–water partition coefficient (Wildman–Crippen LogP) is 4.04. The summed E-state index contributed by atoms with van der Waals surface area (Å²) < 4.78 is 28.8. The van der Waals surface area contributed by atoms with Gasteiger partial charge < -0.3 is 21.1 Å². The summed E-state index contributed by atoms with van der Waals surface area (Å²) in [6.45, 7) is 0.696. The van der Waals surface area contributed by atoms with Gasteiger partial charge >= 0.3 is 0 Å². The number of aryl methyl sites for hydroxylation is 2. The van der Waals surface area contributed by atoms with Gasteiger partial charge in [0.2, 0.25) is 0 Å². The van der Waals surface area contributed by atoms with Crippen LogP contribution in [0.25, 0.3) is 11.1 Å². The second-order valence-corrected chi connectivity index (χ2v) is 8.42. The Morgan fingerprint density at radius 3 is 2.57 bits per heavy atom. The number of aromatic nitrogens is 5. The summed E-state index contributed by atoms with van der Waals surface area (Å²) in [5, 5.41) is 21.3. The molecule has 0 aliphatic carbocycles. The lowest BCUT2D eigenvalue weighted by Crippen LogP contribution is -2.27. The maximum atomic E-state index is 14.0. The normalized spacial score (nSPS) is 10.8. The summed E-state index contributed by atoms with van der Waals surface area (Å²) in [5.41, 5.74) is 7.93. The van der Waals surface area contributed by atoms with Crippen LogP contribution in [-0.4, -0.2) is 42.5 Å². The Hall–Kier alpha value is -3.99. The minimum Gasteiger partial charge on any atom is -0.507 e. The topological polar surface area (TPSA) is 135 Å². The Balaban J connectivity index is 0.00000380. The summed E-state index contributed by atoms with van der Waals surface area (Å²) in [5.74, 6) is -1.78. The standard InChI is InChI=1S/C25H27F2N7O2.ClH/c26-17-7-9-20(22(27)13-17)16-6-8-21(23(35)12-16)24(36)29-10-11-34-15-19(32-33-34)5-3-1-2-4-18-14-30-25(28)31-18;/h6-9,12-15,35H,1-5,10-11H2,(H,29,36)(H3,28,30,31);1H. The quantitative estimate of drug-likeness (QED) is 0.216. The fourth-order valence-corrected chi connectivity index (χ4v) is 3.85. The predicted molar refractivity (Wildman–Crippen MR) is 137 cm³/mol. The first-order chi connectivity index (χ1) is 17.4. The number of nitrogens with one attached hydrogen (secondary N) is 2. The molecular formula is C25H28ClF2N7O2. The number of carbonyl (C=O) groups excluding carboxylic acids is 1. The number of aromatic hydroxyl groups is 1. The first-order valence-corrected chi connectivity index (χ1v) is 11.6. The summed E-state index contributed by atoms with van der Waals surface area (Å²) in [7, 11) is 0. The van der Waals surface area contributed by atoms with E-state index in [1.165, 1.54) is 24.3 Å². The third kappa shape index (κ3) is 7.50. The van der Waals surface area contributed by atoms with E-state index in [9.17, 15) is 18.7 Å². The molecule has 37 heavy (non-hydrogen) atoms. The van der Waals surface area contributed by atoms with Crippen molar-refractivity contribution in [2.45, 2.75) is 38.6 Å². The molecule has 2 aromatic carbocycles. The molecule has 0 saturated heterocycles. The number of aromatic amines is 1. The zero-order chi connectivity index (χ0) is 25.5. The van der Waals surface area contributed by atoms with Crippen LogP contribution in [0.1, 0.15) is 41.0 Å². The Labute approximate surface area is 218 Å². The number of nitrogens with zero attached hydrogens (tertiary/aromatic N) is 4. The minimum atomic E-state index is -0.751. The van der Waals surface area contributed by atoms with Crippen molar-refractivity contribution in [1.82, 2.24) is 30.3 Å². The van der Waals surface area contributed by atoms with E-state index < -0.39 is 17.5 Å². The van der Waals surface area contributed by atoms with E-state index in [1.807, 2.05) is 12.4 Å². The molecule has 0 spiro atoms. The van der Waals surface area contributed by atoms with E-state index in [4.69, 9.17) is 5.73 Å². The van der Waals surface area contributed by atoms with Crippen LogP contribution in [0.2, 0.25) is 0 Å². The number of nitrogen functional groups attached to an aromatic ring is 1. The number of rotatable bonds is 11. The highest BCUT2D eigenvalue weighted by Crippen LogP contribution is 2.28. The van der Waals surface area contributed by atoms with Gasteiger partial charge in [-0.15, -0.1) is 17.5 Å². The number of unbranched alkanes of at least 4 members (excludes halogenated alkanes) is 2. The van der Waals surface area contributed by atoms with E-state index in [1.54, 1.807) is 4.68 Å². The van der Waals surface area contributed by atoms with E-state index in [2.05, 4.69) is 25.6 Å². The molecule has 2 aromatic heterocycles. The number of phenols is 1. The van der Waals surface area contributed by atoms with Crippen molar-refractivity contribution in [1.29, 1.82) is 0 Å². The van der Waals surface area contributed by atoms with Gasteiger partial charge in [0.25, 0.3) is 5.91 Å². The van der Waals surface area contributed by atoms with Crippen LogP contribution < -0.4 is 11.1 Å². The Kier molecular flexibility index (Phi) is 9.56. The van der Waals surface area contributed by atoms with Gasteiger partial charge in [-0.05, 0) is 55.5 Å². The number of H-pyrrole nitrogens is 1. The molecule has 12 heteroatoms. The molecule has 0 bridgehead atoms. The van der Waals surface area contributed by atoms with E-state index >= 15 is 0 Å². The van der Waals surface area contributed by atoms with Gasteiger partial charge in [0.15, 0.2) is 5.95 Å². The van der Waals surface area contributed by atoms with Crippen molar-refractivity contribution in [2.24, 2.45) is 0 Å². The van der Waals surface area contributed by atoms with Crippen LogP contribution in [0.3, 0.4) is 0 Å². The summed E-state index contributed by atoms with van der Waals surface area (Å²) in [4.78, 5) is 19.5. The lowest BCUT2D eigenvalue weighted by atomic mass is 10.0. The lowest BCUT2D eigenvalue weighted by molar-refractivity contribution is 0.0949. The first-order valence-electron chi connectivity index (χ1n) is 11.6. The maximum absolute atomic E-state index is 14.0. The molecule has 2 heterocycles. The molecule has 0 fully saturated rings. The number of imidazole rings is 1. The number of halogens is 3. The second-order valence-electron chi connectivity index (χ2n) is 8.42. The Morgan fingerprint density at radius 1 is 1.08 bits per heavy atom. The van der Waals surface area contributed by atoms with Crippen molar-refractivity contribution in [3.63, 3.8) is 0 Å². The number of hydrogen-bond donors (Lipinski definition) is 4. The van der Waals surface area contributed by atoms with Gasteiger partial charge in [0.1, 0.15) is 17.4 Å². The van der Waals surface area contributed by atoms with Crippen LogP contribution in [0.15, 0.2) is 48.8 Å². The average molecular weight is 532 g/mol. The van der Waals surface area contributed by atoms with Crippen molar-refractivity contribution in [3.05, 3.63) is 77.4 Å². The molecule has 4 rings (SSSR count). The Morgan fingerprint density at radius 2 is 1.86 bits per heavy atom. The molecule has 0 aliphatic rings.